The molecule has 0 radical (unpaired) electrons. The lowest BCUT2D eigenvalue weighted by Crippen LogP contribution is -2.40. The normalized spacial score (nSPS) is 12.7. The molecule has 13 heteroatoms. The Labute approximate surface area is 127 Å². The molecule has 0 unspecified atom stereocenters. The molecule has 0 bridgehead atoms. The molecule has 21 heavy (non-hydrogen) atoms. The van der Waals surface area contributed by atoms with Crippen LogP contribution in [0.15, 0.2) is 4.34 Å². The summed E-state index contributed by atoms with van der Waals surface area (Å²) in [5.74, 6) is -0.824. The van der Waals surface area contributed by atoms with Crippen molar-refractivity contribution in [3.63, 3.8) is 0 Å². The fourth-order valence-electron chi connectivity index (χ4n) is 1.20. The second-order valence-corrected chi connectivity index (χ2v) is 7.16. The number of nitrogens with zero attached hydrogens (tertiary/aromatic N) is 3. The summed E-state index contributed by atoms with van der Waals surface area (Å²) in [5.41, 5.74) is 0. The quantitative estimate of drug-likeness (QED) is 0.605. The van der Waals surface area contributed by atoms with Gasteiger partial charge in [0.05, 0.1) is 0 Å². The van der Waals surface area contributed by atoms with Crippen molar-refractivity contribution in [2.24, 2.45) is 0 Å². The van der Waals surface area contributed by atoms with Crippen LogP contribution in [0.1, 0.15) is 6.92 Å². The van der Waals surface area contributed by atoms with Gasteiger partial charge >= 0.3 is 6.18 Å². The van der Waals surface area contributed by atoms with E-state index in [1.807, 2.05) is 0 Å². The van der Waals surface area contributed by atoms with Crippen molar-refractivity contribution in [3.8, 4) is 0 Å². The van der Waals surface area contributed by atoms with Crippen molar-refractivity contribution in [2.75, 3.05) is 24.3 Å². The first kappa shape index (κ1) is 18.1. The summed E-state index contributed by atoms with van der Waals surface area (Å²) in [5, 5.41) is 8.73. The number of hydrogen-bond donors (Lipinski definition) is 1. The zero-order valence-corrected chi connectivity index (χ0v) is 12.9. The molecule has 1 aromatic rings. The third-order valence-electron chi connectivity index (χ3n) is 1.94. The van der Waals surface area contributed by atoms with Crippen molar-refractivity contribution in [3.05, 3.63) is 0 Å². The summed E-state index contributed by atoms with van der Waals surface area (Å²) in [6.07, 6.45) is -4.72. The predicted octanol–water partition coefficient (Wildman–Crippen LogP) is 1.29. The van der Waals surface area contributed by atoms with E-state index in [1.54, 1.807) is 0 Å². The van der Waals surface area contributed by atoms with Crippen LogP contribution in [-0.2, 0) is 14.8 Å². The summed E-state index contributed by atoms with van der Waals surface area (Å²) < 4.78 is 60.9. The number of halogens is 4. The zero-order valence-electron chi connectivity index (χ0n) is 10.5. The molecule has 1 aromatic heterocycles. The molecule has 1 N–H and O–H groups in total. The zero-order chi connectivity index (χ0) is 16.3. The Morgan fingerprint density at radius 3 is 2.52 bits per heavy atom. The van der Waals surface area contributed by atoms with E-state index in [9.17, 15) is 26.4 Å². The molecule has 0 saturated carbocycles. The lowest BCUT2D eigenvalue weighted by Gasteiger charge is -2.20. The van der Waals surface area contributed by atoms with Crippen molar-refractivity contribution in [1.29, 1.82) is 0 Å². The largest absolute Gasteiger partial charge is 0.402 e. The van der Waals surface area contributed by atoms with Gasteiger partial charge in [0.15, 0.2) is 0 Å². The summed E-state index contributed by atoms with van der Waals surface area (Å²) in [6.45, 7) is -1.05. The van der Waals surface area contributed by atoms with Gasteiger partial charge in [0.2, 0.25) is 15.4 Å². The van der Waals surface area contributed by atoms with Gasteiger partial charge in [-0.2, -0.15) is 17.5 Å². The van der Waals surface area contributed by atoms with Gasteiger partial charge in [-0.25, -0.2) is 8.42 Å². The molecule has 0 aromatic carbocycles. The number of alkyl halides is 4. The van der Waals surface area contributed by atoms with Crippen LogP contribution < -0.4 is 5.32 Å². The van der Waals surface area contributed by atoms with E-state index in [1.165, 1.54) is 6.92 Å². The number of rotatable bonds is 6. The number of hydrogen-bond acceptors (Lipinski definition) is 6. The lowest BCUT2D eigenvalue weighted by molar-refractivity contribution is -0.135. The summed E-state index contributed by atoms with van der Waals surface area (Å²) in [7, 11) is -4.49. The van der Waals surface area contributed by atoms with Crippen LogP contribution >= 0.6 is 22.9 Å². The van der Waals surface area contributed by atoms with E-state index in [2.05, 4.69) is 15.5 Å². The van der Waals surface area contributed by atoms with Crippen molar-refractivity contribution < 1.29 is 26.4 Å². The minimum atomic E-state index is -4.72. The van der Waals surface area contributed by atoms with Gasteiger partial charge in [0.1, 0.15) is 6.54 Å². The monoisotopic (exact) mass is 366 g/mol. The highest BCUT2D eigenvalue weighted by molar-refractivity contribution is 7.91. The first-order valence-electron chi connectivity index (χ1n) is 5.30. The average molecular weight is 367 g/mol. The van der Waals surface area contributed by atoms with Gasteiger partial charge in [-0.05, 0) is 0 Å². The van der Waals surface area contributed by atoms with Crippen LogP contribution in [0.5, 0.6) is 0 Å². The number of carbonyl (C=O) groups excluding carboxylic acids is 1. The van der Waals surface area contributed by atoms with E-state index in [0.29, 0.717) is 11.3 Å². The molecule has 1 amide bonds. The van der Waals surface area contributed by atoms with Crippen LogP contribution in [0, 0.1) is 0 Å². The number of anilines is 1. The van der Waals surface area contributed by atoms with Gasteiger partial charge in [-0.15, -0.1) is 21.8 Å². The number of aromatic nitrogens is 2. The van der Waals surface area contributed by atoms with Crippen LogP contribution in [0.2, 0.25) is 0 Å². The standard InChI is InChI=1S/C8H10ClF3N4O3S2/c1-5(17)13-6-14-15-7(20-6)21(18,19)16(3-2-9)4-8(10,11)12/h2-4H2,1H3,(H,13,14,17). The number of carbonyl (C=O) groups is 1. The van der Waals surface area contributed by atoms with Crippen molar-refractivity contribution in [1.82, 2.24) is 14.5 Å². The smallest absolute Gasteiger partial charge is 0.301 e. The molecule has 0 aliphatic rings. The first-order valence-corrected chi connectivity index (χ1v) is 8.09. The third kappa shape index (κ3) is 5.37. The Kier molecular flexibility index (Phi) is 5.90. The van der Waals surface area contributed by atoms with E-state index >= 15 is 0 Å². The molecule has 0 saturated heterocycles. The molecule has 0 atom stereocenters. The molecule has 0 aliphatic carbocycles. The fraction of sp³-hybridized carbons (Fsp3) is 0.625. The minimum Gasteiger partial charge on any atom is -0.301 e. The van der Waals surface area contributed by atoms with Crippen LogP contribution in [0.3, 0.4) is 0 Å². The van der Waals surface area contributed by atoms with Gasteiger partial charge in [0.25, 0.3) is 10.0 Å². The van der Waals surface area contributed by atoms with Gasteiger partial charge in [-0.1, -0.05) is 11.3 Å². The van der Waals surface area contributed by atoms with Gasteiger partial charge < -0.3 is 5.32 Å². The number of amides is 1. The maximum absolute atomic E-state index is 12.4. The summed E-state index contributed by atoms with van der Waals surface area (Å²) in [4.78, 5) is 10.8. The maximum atomic E-state index is 12.4. The molecule has 1 rings (SSSR count). The van der Waals surface area contributed by atoms with E-state index in [-0.39, 0.29) is 15.3 Å². The fourth-order valence-corrected chi connectivity index (χ4v) is 4.02. The predicted molar refractivity (Wildman–Crippen MR) is 69.7 cm³/mol. The van der Waals surface area contributed by atoms with E-state index in [0.717, 1.165) is 0 Å². The molecule has 1 heterocycles. The molecular weight excluding hydrogens is 357 g/mol. The average Bonchev–Trinajstić information content (AvgIpc) is 2.74. The third-order valence-corrected chi connectivity index (χ3v) is 5.14. The molecular formula is C8H10ClF3N4O3S2. The van der Waals surface area contributed by atoms with Crippen molar-refractivity contribution >= 4 is 44.0 Å². The number of nitrogens with one attached hydrogen (secondary N) is 1. The first-order chi connectivity index (χ1) is 9.56. The molecule has 7 nitrogen and oxygen atoms in total. The van der Waals surface area contributed by atoms with Crippen LogP contribution in [-0.4, -0.2) is 54.0 Å². The van der Waals surface area contributed by atoms with Crippen LogP contribution in [0.4, 0.5) is 18.3 Å². The highest BCUT2D eigenvalue weighted by atomic mass is 35.5. The topological polar surface area (TPSA) is 92.3 Å². The van der Waals surface area contributed by atoms with Crippen LogP contribution in [0.25, 0.3) is 0 Å². The molecule has 0 spiro atoms. The Balaban J connectivity index is 3.05. The van der Waals surface area contributed by atoms with E-state index < -0.39 is 39.5 Å². The Bertz CT molecular complexity index is 604. The highest BCUT2D eigenvalue weighted by Gasteiger charge is 2.38. The van der Waals surface area contributed by atoms with Gasteiger partial charge in [0, 0.05) is 19.3 Å². The molecule has 120 valence electrons. The second kappa shape index (κ2) is 6.85. The Hall–Kier alpha value is -0.980. The molecule has 0 aliphatic heterocycles. The van der Waals surface area contributed by atoms with E-state index in [4.69, 9.17) is 11.6 Å². The van der Waals surface area contributed by atoms with Gasteiger partial charge in [-0.3, -0.25) is 4.79 Å². The van der Waals surface area contributed by atoms with Crippen molar-refractivity contribution in [2.45, 2.75) is 17.4 Å². The second-order valence-electron chi connectivity index (χ2n) is 3.70. The molecule has 0 fully saturated rings. The Morgan fingerprint density at radius 1 is 1.43 bits per heavy atom. The lowest BCUT2D eigenvalue weighted by atomic mass is 10.6. The summed E-state index contributed by atoms with van der Waals surface area (Å²) >= 11 is 5.78. The Morgan fingerprint density at radius 2 is 2.05 bits per heavy atom. The minimum absolute atomic E-state index is 0.126. The number of sulfonamides is 1. The maximum Gasteiger partial charge on any atom is 0.402 e. The summed E-state index contributed by atoms with van der Waals surface area (Å²) in [6, 6.07) is 0. The SMILES string of the molecule is CC(=O)Nc1nnc(S(=O)(=O)N(CCCl)CC(F)(F)F)s1. The highest BCUT2D eigenvalue weighted by Crippen LogP contribution is 2.26.